The van der Waals surface area contributed by atoms with Crippen molar-refractivity contribution in [1.82, 2.24) is 0 Å². The molecular formula is C19H24O3. The number of allylic oxidation sites excluding steroid dienone is 2. The minimum Gasteiger partial charge on any atom is -0.295 e. The molecule has 4 aliphatic carbocycles. The van der Waals surface area contributed by atoms with Crippen molar-refractivity contribution in [3.63, 3.8) is 0 Å². The van der Waals surface area contributed by atoms with E-state index in [0.717, 1.165) is 37.7 Å². The highest BCUT2D eigenvalue weighted by molar-refractivity contribution is 6.40. The lowest BCUT2D eigenvalue weighted by Crippen LogP contribution is -2.52. The predicted octanol–water partition coefficient (Wildman–Crippen LogP) is 3.27. The second kappa shape index (κ2) is 4.39. The van der Waals surface area contributed by atoms with Crippen LogP contribution in [0.2, 0.25) is 0 Å². The summed E-state index contributed by atoms with van der Waals surface area (Å²) in [7, 11) is 0. The molecule has 0 aromatic rings. The third-order valence-electron chi connectivity index (χ3n) is 7.25. The Hall–Kier alpha value is -1.25. The second-order valence-electron chi connectivity index (χ2n) is 8.46. The Kier molecular flexibility index (Phi) is 2.87. The van der Waals surface area contributed by atoms with Gasteiger partial charge in [0, 0.05) is 18.8 Å². The first-order valence-electron chi connectivity index (χ1n) is 8.68. The van der Waals surface area contributed by atoms with Gasteiger partial charge in [-0.25, -0.2) is 0 Å². The van der Waals surface area contributed by atoms with E-state index >= 15 is 0 Å². The first-order valence-corrected chi connectivity index (χ1v) is 8.68. The van der Waals surface area contributed by atoms with Gasteiger partial charge in [-0.3, -0.25) is 14.4 Å². The lowest BCUT2D eigenvalue weighted by Gasteiger charge is -2.55. The number of rotatable bonds is 0. The van der Waals surface area contributed by atoms with Gasteiger partial charge in [-0.15, -0.1) is 0 Å². The molecule has 3 nitrogen and oxygen atoms in total. The van der Waals surface area contributed by atoms with Gasteiger partial charge in [0.2, 0.25) is 5.78 Å². The van der Waals surface area contributed by atoms with E-state index in [9.17, 15) is 14.4 Å². The number of fused-ring (bicyclic) bond motifs is 5. The van der Waals surface area contributed by atoms with E-state index in [4.69, 9.17) is 0 Å². The van der Waals surface area contributed by atoms with E-state index in [1.165, 1.54) is 0 Å². The van der Waals surface area contributed by atoms with Gasteiger partial charge in [0.05, 0.1) is 0 Å². The molecule has 118 valence electrons. The highest BCUT2D eigenvalue weighted by atomic mass is 16.2. The Morgan fingerprint density at radius 1 is 1.09 bits per heavy atom. The van der Waals surface area contributed by atoms with Crippen molar-refractivity contribution in [2.45, 2.75) is 58.8 Å². The molecule has 0 N–H and O–H groups in total. The summed E-state index contributed by atoms with van der Waals surface area (Å²) in [4.78, 5) is 37.2. The second-order valence-corrected chi connectivity index (χ2v) is 8.46. The molecule has 0 radical (unpaired) electrons. The topological polar surface area (TPSA) is 51.2 Å². The van der Waals surface area contributed by atoms with Crippen molar-refractivity contribution in [3.05, 3.63) is 11.6 Å². The van der Waals surface area contributed by atoms with Crippen molar-refractivity contribution in [3.8, 4) is 0 Å². The van der Waals surface area contributed by atoms with Crippen LogP contribution in [0.25, 0.3) is 0 Å². The highest BCUT2D eigenvalue weighted by Crippen LogP contribution is 2.63. The Labute approximate surface area is 131 Å². The molecule has 22 heavy (non-hydrogen) atoms. The first-order chi connectivity index (χ1) is 10.4. The van der Waals surface area contributed by atoms with Crippen LogP contribution >= 0.6 is 0 Å². The summed E-state index contributed by atoms with van der Waals surface area (Å²) in [5.41, 5.74) is 0.772. The quantitative estimate of drug-likeness (QED) is 0.645. The molecule has 0 aliphatic heterocycles. The number of hydrogen-bond donors (Lipinski definition) is 0. The van der Waals surface area contributed by atoms with Crippen LogP contribution in [0.4, 0.5) is 0 Å². The van der Waals surface area contributed by atoms with Gasteiger partial charge in [-0.05, 0) is 60.3 Å². The Morgan fingerprint density at radius 3 is 2.64 bits per heavy atom. The van der Waals surface area contributed by atoms with E-state index in [1.807, 2.05) is 0 Å². The lowest BCUT2D eigenvalue weighted by atomic mass is 9.47. The molecule has 0 heterocycles. The van der Waals surface area contributed by atoms with Gasteiger partial charge in [-0.1, -0.05) is 19.9 Å². The van der Waals surface area contributed by atoms with E-state index < -0.39 is 0 Å². The zero-order valence-electron chi connectivity index (χ0n) is 13.5. The number of ketones is 3. The molecule has 0 spiro atoms. The maximum atomic E-state index is 12.7. The molecule has 0 unspecified atom stereocenters. The zero-order chi connectivity index (χ0) is 15.7. The number of carbonyl (C=O) groups is 3. The summed E-state index contributed by atoms with van der Waals surface area (Å²) in [5.74, 6) is 0.130. The monoisotopic (exact) mass is 300 g/mol. The van der Waals surface area contributed by atoms with Crippen LogP contribution in [0.5, 0.6) is 0 Å². The van der Waals surface area contributed by atoms with Crippen LogP contribution in [0.3, 0.4) is 0 Å². The van der Waals surface area contributed by atoms with Crippen LogP contribution in [-0.4, -0.2) is 17.3 Å². The third kappa shape index (κ3) is 1.65. The Balaban J connectivity index is 1.79. The summed E-state index contributed by atoms with van der Waals surface area (Å²) < 4.78 is 0. The van der Waals surface area contributed by atoms with Crippen LogP contribution < -0.4 is 0 Å². The minimum atomic E-state index is -0.206. The molecular weight excluding hydrogens is 276 g/mol. The molecule has 0 bridgehead atoms. The minimum absolute atomic E-state index is 0.0640. The summed E-state index contributed by atoms with van der Waals surface area (Å²) in [6.07, 6.45) is 8.22. The van der Waals surface area contributed by atoms with Crippen LogP contribution in [0.15, 0.2) is 11.6 Å². The van der Waals surface area contributed by atoms with Crippen LogP contribution in [0.1, 0.15) is 58.8 Å². The zero-order valence-corrected chi connectivity index (χ0v) is 13.5. The molecule has 4 aliphatic rings. The fourth-order valence-corrected chi connectivity index (χ4v) is 6.22. The standard InChI is InChI=1S/C19H24O3/c1-18-8-6-12-11(16(18)17(22)15(21)10-18)9-14(20)13-5-3-4-7-19(12,13)2/h5,11-12,16H,3-4,6-10H2,1-2H3/t11-,12+,16-,18-,19-/m1/s1. The normalized spacial score (nSPS) is 47.6. The van der Waals surface area contributed by atoms with Crippen molar-refractivity contribution < 1.29 is 14.4 Å². The number of Topliss-reactive ketones (excluding diaryl/α,β-unsaturated/α-hetero) is 3. The fraction of sp³-hybridized carbons (Fsp3) is 0.737. The van der Waals surface area contributed by atoms with Crippen molar-refractivity contribution in [2.75, 3.05) is 0 Å². The fourth-order valence-electron chi connectivity index (χ4n) is 6.22. The molecule has 0 amide bonds. The van der Waals surface area contributed by atoms with Gasteiger partial charge in [-0.2, -0.15) is 0 Å². The molecule has 5 atom stereocenters. The first kappa shape index (κ1) is 14.3. The van der Waals surface area contributed by atoms with Gasteiger partial charge < -0.3 is 0 Å². The average molecular weight is 300 g/mol. The Bertz CT molecular complexity index is 616. The van der Waals surface area contributed by atoms with E-state index in [0.29, 0.717) is 18.8 Å². The molecule has 0 aromatic carbocycles. The summed E-state index contributed by atoms with van der Waals surface area (Å²) >= 11 is 0. The van der Waals surface area contributed by atoms with E-state index in [1.54, 1.807) is 0 Å². The maximum absolute atomic E-state index is 12.7. The molecule has 4 rings (SSSR count). The largest absolute Gasteiger partial charge is 0.295 e. The predicted molar refractivity (Wildman–Crippen MR) is 82.1 cm³/mol. The van der Waals surface area contributed by atoms with Gasteiger partial charge >= 0.3 is 0 Å². The Morgan fingerprint density at radius 2 is 1.86 bits per heavy atom. The van der Waals surface area contributed by atoms with Crippen molar-refractivity contribution >= 4 is 17.3 Å². The third-order valence-corrected chi connectivity index (χ3v) is 7.25. The SMILES string of the molecule is C[C@]12CC[C@H]3[C@@H](CC(=O)C4=CCCC[C@@]43C)[C@@H]1C(=O)C(=O)C2. The number of carbonyl (C=O) groups excluding carboxylic acids is 3. The molecule has 3 heteroatoms. The molecule has 3 fully saturated rings. The number of hydrogen-bond acceptors (Lipinski definition) is 3. The van der Waals surface area contributed by atoms with Gasteiger partial charge in [0.15, 0.2) is 11.6 Å². The van der Waals surface area contributed by atoms with E-state index in [-0.39, 0.29) is 40.0 Å². The summed E-state index contributed by atoms with van der Waals surface area (Å²) in [6.45, 7) is 4.33. The van der Waals surface area contributed by atoms with Crippen molar-refractivity contribution in [1.29, 1.82) is 0 Å². The maximum Gasteiger partial charge on any atom is 0.202 e. The van der Waals surface area contributed by atoms with Crippen LogP contribution in [-0.2, 0) is 14.4 Å². The summed E-state index contributed by atoms with van der Waals surface area (Å²) in [6, 6.07) is 0. The van der Waals surface area contributed by atoms with Gasteiger partial charge in [0.25, 0.3) is 0 Å². The van der Waals surface area contributed by atoms with E-state index in [2.05, 4.69) is 19.9 Å². The smallest absolute Gasteiger partial charge is 0.202 e. The van der Waals surface area contributed by atoms with Gasteiger partial charge in [0.1, 0.15) is 0 Å². The molecule has 0 aromatic heterocycles. The van der Waals surface area contributed by atoms with Crippen LogP contribution in [0, 0.1) is 28.6 Å². The lowest BCUT2D eigenvalue weighted by molar-refractivity contribution is -0.141. The molecule has 3 saturated carbocycles. The highest BCUT2D eigenvalue weighted by Gasteiger charge is 2.62. The van der Waals surface area contributed by atoms with Crippen molar-refractivity contribution in [2.24, 2.45) is 28.6 Å². The average Bonchev–Trinajstić information content (AvgIpc) is 2.69. The molecule has 0 saturated heterocycles. The summed E-state index contributed by atoms with van der Waals surface area (Å²) in [5, 5.41) is 0.